The van der Waals surface area contributed by atoms with Gasteiger partial charge in [0, 0.05) is 5.56 Å². The first-order chi connectivity index (χ1) is 7.13. The van der Waals surface area contributed by atoms with E-state index in [2.05, 4.69) is 9.73 Å². The molecule has 0 radical (unpaired) electrons. The number of nitrogens with two attached hydrogens (primary N) is 1. The van der Waals surface area contributed by atoms with Gasteiger partial charge in [-0.2, -0.15) is 0 Å². The lowest BCUT2D eigenvalue weighted by Crippen LogP contribution is -2.16. The van der Waals surface area contributed by atoms with Crippen LogP contribution >= 0.6 is 0 Å². The molecule has 0 heterocycles. The van der Waals surface area contributed by atoms with Crippen LogP contribution in [0, 0.1) is 6.92 Å². The van der Waals surface area contributed by atoms with Crippen LogP contribution in [-0.2, 0) is 9.53 Å². The smallest absolute Gasteiger partial charge is 0.327 e. The molecule has 0 atom stereocenters. The largest absolute Gasteiger partial charge is 0.468 e. The number of aryl methyl sites for hydroxylation is 1. The minimum absolute atomic E-state index is 0.0454. The third-order valence-corrected chi connectivity index (χ3v) is 1.92. The average molecular weight is 206 g/mol. The number of rotatable bonds is 3. The van der Waals surface area contributed by atoms with Crippen LogP contribution < -0.4 is 5.73 Å². The molecule has 4 heteroatoms. The number of carbonyl (C=O) groups excluding carboxylic acids is 1. The van der Waals surface area contributed by atoms with Gasteiger partial charge in [-0.3, -0.25) is 9.79 Å². The summed E-state index contributed by atoms with van der Waals surface area (Å²) in [5.74, 6) is -0.0466. The van der Waals surface area contributed by atoms with Crippen molar-refractivity contribution in [3.8, 4) is 0 Å². The maximum Gasteiger partial charge on any atom is 0.327 e. The maximum atomic E-state index is 10.8. The van der Waals surface area contributed by atoms with Crippen LogP contribution in [0.4, 0.5) is 0 Å². The monoisotopic (exact) mass is 206 g/mol. The summed E-state index contributed by atoms with van der Waals surface area (Å²) in [6.45, 7) is 1.92. The Morgan fingerprint density at radius 3 is 2.87 bits per heavy atom. The third-order valence-electron chi connectivity index (χ3n) is 1.92. The van der Waals surface area contributed by atoms with E-state index in [4.69, 9.17) is 5.73 Å². The zero-order valence-electron chi connectivity index (χ0n) is 8.86. The molecule has 1 aromatic rings. The highest BCUT2D eigenvalue weighted by atomic mass is 16.5. The number of ether oxygens (including phenoxy) is 1. The summed E-state index contributed by atoms with van der Waals surface area (Å²) >= 11 is 0. The van der Waals surface area contributed by atoms with Crippen LogP contribution in [-0.4, -0.2) is 25.5 Å². The van der Waals surface area contributed by atoms with Gasteiger partial charge in [-0.25, -0.2) is 0 Å². The van der Waals surface area contributed by atoms with Crippen LogP contribution in [0.5, 0.6) is 0 Å². The van der Waals surface area contributed by atoms with Gasteiger partial charge in [-0.05, 0) is 13.0 Å². The van der Waals surface area contributed by atoms with Crippen molar-refractivity contribution >= 4 is 11.8 Å². The Bertz CT molecular complexity index is 386. The topological polar surface area (TPSA) is 64.7 Å². The lowest BCUT2D eigenvalue weighted by atomic mass is 10.1. The molecule has 80 valence electrons. The molecule has 0 aliphatic rings. The van der Waals surface area contributed by atoms with E-state index in [1.165, 1.54) is 7.11 Å². The van der Waals surface area contributed by atoms with E-state index in [-0.39, 0.29) is 6.54 Å². The van der Waals surface area contributed by atoms with Crippen molar-refractivity contribution in [2.24, 2.45) is 10.7 Å². The molecule has 0 spiro atoms. The molecule has 0 fully saturated rings. The van der Waals surface area contributed by atoms with E-state index < -0.39 is 5.97 Å². The standard InChI is InChI=1S/C11H14N2O2/c1-8-4-3-5-9(6-8)11(12)13-7-10(14)15-2/h3-6H,7H2,1-2H3,(H2,12,13). The SMILES string of the molecule is COC(=O)CN=C(N)c1cccc(C)c1. The average Bonchev–Trinajstić information content (AvgIpc) is 2.25. The normalized spacial score (nSPS) is 11.2. The molecular weight excluding hydrogens is 192 g/mol. The second kappa shape index (κ2) is 5.14. The van der Waals surface area contributed by atoms with Gasteiger partial charge in [0.15, 0.2) is 0 Å². The summed E-state index contributed by atoms with van der Waals surface area (Å²) in [6.07, 6.45) is 0. The number of hydrogen-bond donors (Lipinski definition) is 1. The molecule has 0 saturated heterocycles. The van der Waals surface area contributed by atoms with Crippen LogP contribution in [0.15, 0.2) is 29.3 Å². The molecule has 0 aromatic heterocycles. The fraction of sp³-hybridized carbons (Fsp3) is 0.273. The van der Waals surface area contributed by atoms with Crippen molar-refractivity contribution in [2.75, 3.05) is 13.7 Å². The van der Waals surface area contributed by atoms with Crippen molar-refractivity contribution in [3.63, 3.8) is 0 Å². The van der Waals surface area contributed by atoms with E-state index in [0.717, 1.165) is 11.1 Å². The molecular formula is C11H14N2O2. The molecule has 4 nitrogen and oxygen atoms in total. The molecule has 1 aromatic carbocycles. The van der Waals surface area contributed by atoms with Crippen LogP contribution in [0.2, 0.25) is 0 Å². The van der Waals surface area contributed by atoms with Crippen molar-refractivity contribution in [2.45, 2.75) is 6.92 Å². The fourth-order valence-electron chi connectivity index (χ4n) is 1.11. The highest BCUT2D eigenvalue weighted by Gasteiger charge is 2.01. The molecule has 0 aliphatic heterocycles. The summed E-state index contributed by atoms with van der Waals surface area (Å²) in [5.41, 5.74) is 7.63. The molecule has 0 amide bonds. The number of esters is 1. The highest BCUT2D eigenvalue weighted by Crippen LogP contribution is 2.03. The zero-order chi connectivity index (χ0) is 11.3. The quantitative estimate of drug-likeness (QED) is 0.453. The molecule has 0 bridgehead atoms. The van der Waals surface area contributed by atoms with Gasteiger partial charge in [0.05, 0.1) is 7.11 Å². The van der Waals surface area contributed by atoms with E-state index in [1.807, 2.05) is 31.2 Å². The first-order valence-corrected chi connectivity index (χ1v) is 4.57. The molecule has 0 unspecified atom stereocenters. The fourth-order valence-corrected chi connectivity index (χ4v) is 1.11. The summed E-state index contributed by atoms with van der Waals surface area (Å²) in [6, 6.07) is 7.63. The lowest BCUT2D eigenvalue weighted by Gasteiger charge is -2.01. The first kappa shape index (κ1) is 11.2. The predicted molar refractivity (Wildman–Crippen MR) is 58.8 cm³/mol. The minimum atomic E-state index is -0.398. The second-order valence-corrected chi connectivity index (χ2v) is 3.15. The van der Waals surface area contributed by atoms with Crippen molar-refractivity contribution in [1.29, 1.82) is 0 Å². The highest BCUT2D eigenvalue weighted by molar-refractivity contribution is 5.98. The second-order valence-electron chi connectivity index (χ2n) is 3.15. The van der Waals surface area contributed by atoms with Crippen molar-refractivity contribution in [3.05, 3.63) is 35.4 Å². The Kier molecular flexibility index (Phi) is 3.85. The van der Waals surface area contributed by atoms with Crippen molar-refractivity contribution < 1.29 is 9.53 Å². The number of hydrogen-bond acceptors (Lipinski definition) is 3. The van der Waals surface area contributed by atoms with Crippen LogP contribution in [0.25, 0.3) is 0 Å². The summed E-state index contributed by atoms with van der Waals surface area (Å²) in [5, 5.41) is 0. The Hall–Kier alpha value is -1.84. The summed E-state index contributed by atoms with van der Waals surface area (Å²) < 4.78 is 4.46. The third kappa shape index (κ3) is 3.42. The molecule has 15 heavy (non-hydrogen) atoms. The van der Waals surface area contributed by atoms with Gasteiger partial charge in [-0.1, -0.05) is 23.8 Å². The van der Waals surface area contributed by atoms with E-state index in [1.54, 1.807) is 0 Å². The zero-order valence-corrected chi connectivity index (χ0v) is 8.86. The number of amidine groups is 1. The Morgan fingerprint density at radius 2 is 2.27 bits per heavy atom. The molecule has 2 N–H and O–H groups in total. The Labute approximate surface area is 88.8 Å². The first-order valence-electron chi connectivity index (χ1n) is 4.57. The van der Waals surface area contributed by atoms with Crippen molar-refractivity contribution in [1.82, 2.24) is 0 Å². The van der Waals surface area contributed by atoms with Gasteiger partial charge in [0.1, 0.15) is 12.4 Å². The number of methoxy groups -OCH3 is 1. The van der Waals surface area contributed by atoms with E-state index in [0.29, 0.717) is 5.84 Å². The minimum Gasteiger partial charge on any atom is -0.468 e. The van der Waals surface area contributed by atoms with Crippen LogP contribution in [0.1, 0.15) is 11.1 Å². The molecule has 0 aliphatic carbocycles. The number of nitrogens with zero attached hydrogens (tertiary/aromatic N) is 1. The van der Waals surface area contributed by atoms with Gasteiger partial charge < -0.3 is 10.5 Å². The summed E-state index contributed by atoms with van der Waals surface area (Å²) in [4.78, 5) is 14.8. The molecule has 0 saturated carbocycles. The maximum absolute atomic E-state index is 10.8. The van der Waals surface area contributed by atoms with Gasteiger partial charge in [-0.15, -0.1) is 0 Å². The predicted octanol–water partition coefficient (Wildman–Crippen LogP) is 0.873. The molecule has 1 rings (SSSR count). The Balaban J connectivity index is 2.75. The lowest BCUT2D eigenvalue weighted by molar-refractivity contribution is -0.138. The van der Waals surface area contributed by atoms with Gasteiger partial charge >= 0.3 is 5.97 Å². The number of aliphatic imine (C=N–C) groups is 1. The Morgan fingerprint density at radius 1 is 1.53 bits per heavy atom. The number of carbonyl (C=O) groups is 1. The van der Waals surface area contributed by atoms with Crippen LogP contribution in [0.3, 0.4) is 0 Å². The van der Waals surface area contributed by atoms with Gasteiger partial charge in [0.2, 0.25) is 0 Å². The van der Waals surface area contributed by atoms with E-state index in [9.17, 15) is 4.79 Å². The summed E-state index contributed by atoms with van der Waals surface area (Å²) in [7, 11) is 1.32. The number of benzene rings is 1. The van der Waals surface area contributed by atoms with E-state index >= 15 is 0 Å². The van der Waals surface area contributed by atoms with Gasteiger partial charge in [0.25, 0.3) is 0 Å².